The number of alkyl halides is 1. The van der Waals surface area contributed by atoms with Gasteiger partial charge in [0.25, 0.3) is 5.91 Å². The molecule has 0 bridgehead atoms. The molecular formula is C12H13F2IN2O3. The van der Waals surface area contributed by atoms with E-state index >= 15 is 0 Å². The topological polar surface area (TPSA) is 72.2 Å². The number of nitrogens with one attached hydrogen (secondary N) is 1. The van der Waals surface area contributed by atoms with Gasteiger partial charge in [-0.2, -0.15) is 4.39 Å². The van der Waals surface area contributed by atoms with Crippen molar-refractivity contribution in [1.82, 2.24) is 5.32 Å². The Bertz CT molecular complexity index is 538. The molecule has 0 aliphatic rings. The van der Waals surface area contributed by atoms with Crippen LogP contribution < -0.4 is 5.32 Å². The largest absolute Gasteiger partial charge is 0.348 e. The van der Waals surface area contributed by atoms with Crippen molar-refractivity contribution >= 4 is 34.2 Å². The average Bonchev–Trinajstić information content (AvgIpc) is 2.37. The van der Waals surface area contributed by atoms with Gasteiger partial charge in [-0.1, -0.05) is 36.4 Å². The van der Waals surface area contributed by atoms with Gasteiger partial charge >= 0.3 is 5.69 Å². The highest BCUT2D eigenvalue weighted by molar-refractivity contribution is 14.1. The maximum absolute atomic E-state index is 13.8. The third-order valence-corrected chi connectivity index (χ3v) is 3.70. The Morgan fingerprint density at radius 2 is 2.05 bits per heavy atom. The summed E-state index contributed by atoms with van der Waals surface area (Å²) in [5, 5.41) is 13.1. The zero-order valence-electron chi connectivity index (χ0n) is 10.8. The minimum absolute atomic E-state index is 0.0995. The lowest BCUT2D eigenvalue weighted by molar-refractivity contribution is -0.387. The van der Waals surface area contributed by atoms with Crippen LogP contribution in [0.5, 0.6) is 0 Å². The lowest BCUT2D eigenvalue weighted by Crippen LogP contribution is -2.40. The van der Waals surface area contributed by atoms with Crippen LogP contribution in [0.1, 0.15) is 24.2 Å². The first kappa shape index (κ1) is 16.7. The molecule has 1 rings (SSSR count). The van der Waals surface area contributed by atoms with Crippen molar-refractivity contribution in [2.75, 3.05) is 4.43 Å². The molecule has 0 radical (unpaired) electrons. The molecule has 0 heterocycles. The first-order chi connectivity index (χ1) is 9.27. The monoisotopic (exact) mass is 398 g/mol. The molecule has 1 N–H and O–H groups in total. The molecule has 5 nitrogen and oxygen atoms in total. The van der Waals surface area contributed by atoms with E-state index in [0.29, 0.717) is 16.6 Å². The van der Waals surface area contributed by atoms with E-state index in [2.05, 4.69) is 27.9 Å². The number of carbonyl (C=O) groups excluding carboxylic acids is 1. The van der Waals surface area contributed by atoms with Crippen LogP contribution in [-0.4, -0.2) is 21.3 Å². The quantitative estimate of drug-likeness (QED) is 0.359. The SMILES string of the molecule is CC(C)C(CI)NC(=O)c1cc(F)cc([N+](=O)[O-])c1F. The third kappa shape index (κ3) is 3.84. The van der Waals surface area contributed by atoms with Gasteiger partial charge in [0.2, 0.25) is 5.82 Å². The second-order valence-corrected chi connectivity index (χ2v) is 5.40. The molecule has 8 heteroatoms. The molecule has 1 atom stereocenters. The summed E-state index contributed by atoms with van der Waals surface area (Å²) < 4.78 is 27.7. The first-order valence-corrected chi connectivity index (χ1v) is 7.30. The Labute approximate surface area is 128 Å². The number of nitro benzene ring substituents is 1. The molecule has 0 aliphatic carbocycles. The summed E-state index contributed by atoms with van der Waals surface area (Å²) in [6.45, 7) is 3.74. The Hall–Kier alpha value is -1.32. The summed E-state index contributed by atoms with van der Waals surface area (Å²) in [6, 6.07) is 0.872. The van der Waals surface area contributed by atoms with Crippen LogP contribution >= 0.6 is 22.6 Å². The van der Waals surface area contributed by atoms with Crippen LogP contribution in [0, 0.1) is 27.7 Å². The molecule has 1 amide bonds. The van der Waals surface area contributed by atoms with Crippen LogP contribution in [0.4, 0.5) is 14.5 Å². The highest BCUT2D eigenvalue weighted by atomic mass is 127. The molecule has 110 valence electrons. The van der Waals surface area contributed by atoms with Crippen LogP contribution in [0.25, 0.3) is 0 Å². The van der Waals surface area contributed by atoms with Gasteiger partial charge in [-0.3, -0.25) is 14.9 Å². The minimum atomic E-state index is -1.33. The summed E-state index contributed by atoms with van der Waals surface area (Å²) in [5.41, 5.74) is -1.71. The van der Waals surface area contributed by atoms with Crippen molar-refractivity contribution in [3.05, 3.63) is 39.4 Å². The number of hydrogen-bond acceptors (Lipinski definition) is 3. The van der Waals surface area contributed by atoms with Gasteiger partial charge in [-0.05, 0) is 12.0 Å². The fraction of sp³-hybridized carbons (Fsp3) is 0.417. The van der Waals surface area contributed by atoms with Crippen LogP contribution in [-0.2, 0) is 0 Å². The molecule has 0 saturated carbocycles. The predicted molar refractivity (Wildman–Crippen MR) is 78.0 cm³/mol. The maximum Gasteiger partial charge on any atom is 0.308 e. The Morgan fingerprint density at radius 1 is 1.45 bits per heavy atom. The summed E-state index contributed by atoms with van der Waals surface area (Å²) in [4.78, 5) is 21.5. The van der Waals surface area contributed by atoms with Gasteiger partial charge in [0, 0.05) is 10.5 Å². The number of hydrogen-bond donors (Lipinski definition) is 1. The fourth-order valence-electron chi connectivity index (χ4n) is 1.50. The van der Waals surface area contributed by atoms with Gasteiger partial charge in [-0.15, -0.1) is 0 Å². The van der Waals surface area contributed by atoms with Crippen molar-refractivity contribution in [2.24, 2.45) is 5.92 Å². The first-order valence-electron chi connectivity index (χ1n) is 5.78. The van der Waals surface area contributed by atoms with E-state index in [1.165, 1.54) is 0 Å². The van der Waals surface area contributed by atoms with Crippen molar-refractivity contribution in [3.8, 4) is 0 Å². The molecule has 0 fully saturated rings. The van der Waals surface area contributed by atoms with Crippen molar-refractivity contribution < 1.29 is 18.5 Å². The average molecular weight is 398 g/mol. The summed E-state index contributed by atoms with van der Waals surface area (Å²) in [5.74, 6) is -3.12. The maximum atomic E-state index is 13.8. The Morgan fingerprint density at radius 3 is 2.50 bits per heavy atom. The molecular weight excluding hydrogens is 385 g/mol. The van der Waals surface area contributed by atoms with Crippen LogP contribution in [0.3, 0.4) is 0 Å². The van der Waals surface area contributed by atoms with E-state index in [1.54, 1.807) is 0 Å². The zero-order chi connectivity index (χ0) is 15.4. The van der Waals surface area contributed by atoms with Gasteiger partial charge < -0.3 is 5.32 Å². The number of halogens is 3. The number of carbonyl (C=O) groups is 1. The number of benzene rings is 1. The van der Waals surface area contributed by atoms with E-state index in [0.717, 1.165) is 0 Å². The standard InChI is InChI=1S/C12H13F2IN2O3/c1-6(2)9(5-15)16-12(18)8-3-7(13)4-10(11(8)14)17(19)20/h3-4,6,9H,5H2,1-2H3,(H,16,18). The molecule has 0 aliphatic heterocycles. The van der Waals surface area contributed by atoms with E-state index in [-0.39, 0.29) is 12.0 Å². The highest BCUT2D eigenvalue weighted by Crippen LogP contribution is 2.22. The molecule has 0 aromatic heterocycles. The van der Waals surface area contributed by atoms with Gasteiger partial charge in [0.05, 0.1) is 16.6 Å². The lowest BCUT2D eigenvalue weighted by atomic mass is 10.1. The molecule has 1 aromatic rings. The number of amides is 1. The molecule has 1 aromatic carbocycles. The number of nitrogens with zero attached hydrogens (tertiary/aromatic N) is 1. The predicted octanol–water partition coefficient (Wildman–Crippen LogP) is 3.06. The lowest BCUT2D eigenvalue weighted by Gasteiger charge is -2.20. The minimum Gasteiger partial charge on any atom is -0.348 e. The smallest absolute Gasteiger partial charge is 0.308 e. The van der Waals surface area contributed by atoms with Gasteiger partial charge in [0.1, 0.15) is 5.82 Å². The third-order valence-electron chi connectivity index (χ3n) is 2.75. The zero-order valence-corrected chi connectivity index (χ0v) is 13.0. The normalized spacial score (nSPS) is 12.3. The fourth-order valence-corrected chi connectivity index (χ4v) is 2.74. The van der Waals surface area contributed by atoms with E-state index in [4.69, 9.17) is 0 Å². The Kier molecular flexibility index (Phi) is 5.78. The second kappa shape index (κ2) is 6.91. The summed E-state index contributed by atoms with van der Waals surface area (Å²) in [7, 11) is 0. The molecule has 1 unspecified atom stereocenters. The Balaban J connectivity index is 3.13. The number of rotatable bonds is 5. The molecule has 0 spiro atoms. The molecule has 0 saturated heterocycles. The van der Waals surface area contributed by atoms with Crippen LogP contribution in [0.15, 0.2) is 12.1 Å². The van der Waals surface area contributed by atoms with Crippen LogP contribution in [0.2, 0.25) is 0 Å². The highest BCUT2D eigenvalue weighted by Gasteiger charge is 2.25. The van der Waals surface area contributed by atoms with E-state index < -0.39 is 33.7 Å². The van der Waals surface area contributed by atoms with Crippen molar-refractivity contribution in [3.63, 3.8) is 0 Å². The molecule has 20 heavy (non-hydrogen) atoms. The van der Waals surface area contributed by atoms with E-state index in [9.17, 15) is 23.7 Å². The van der Waals surface area contributed by atoms with E-state index in [1.807, 2.05) is 13.8 Å². The van der Waals surface area contributed by atoms with Crippen molar-refractivity contribution in [1.29, 1.82) is 0 Å². The summed E-state index contributed by atoms with van der Waals surface area (Å²) >= 11 is 2.06. The van der Waals surface area contributed by atoms with Gasteiger partial charge in [0.15, 0.2) is 0 Å². The summed E-state index contributed by atoms with van der Waals surface area (Å²) in [6.07, 6.45) is 0. The van der Waals surface area contributed by atoms with Crippen molar-refractivity contribution in [2.45, 2.75) is 19.9 Å². The van der Waals surface area contributed by atoms with Gasteiger partial charge in [-0.25, -0.2) is 4.39 Å². The second-order valence-electron chi connectivity index (χ2n) is 4.52. The number of nitro groups is 1.